The first kappa shape index (κ1) is 20.4. The largest absolute Gasteiger partial charge is 0.436 e. The summed E-state index contributed by atoms with van der Waals surface area (Å²) in [7, 11) is 0. The molecule has 1 heterocycles. The summed E-state index contributed by atoms with van der Waals surface area (Å²) >= 11 is 0. The first-order chi connectivity index (χ1) is 12.9. The van der Waals surface area contributed by atoms with Gasteiger partial charge >= 0.3 is 6.09 Å². The molecule has 0 saturated carbocycles. The lowest BCUT2D eigenvalue weighted by Crippen LogP contribution is -2.34. The number of rotatable bonds is 8. The highest BCUT2D eigenvalue weighted by molar-refractivity contribution is 6.03. The van der Waals surface area contributed by atoms with Crippen LogP contribution < -0.4 is 10.6 Å². The van der Waals surface area contributed by atoms with E-state index in [1.165, 1.54) is 0 Å². The minimum Gasteiger partial charge on any atom is -0.351 e. The number of amidine groups is 1. The monoisotopic (exact) mass is 375 g/mol. The number of nitrogens with one attached hydrogen (secondary N) is 3. The van der Waals surface area contributed by atoms with Crippen molar-refractivity contribution in [3.05, 3.63) is 29.8 Å². The summed E-state index contributed by atoms with van der Waals surface area (Å²) in [6.45, 7) is 7.36. The maximum Gasteiger partial charge on any atom is 0.436 e. The zero-order chi connectivity index (χ0) is 19.8. The highest BCUT2D eigenvalue weighted by atomic mass is 16.7. The van der Waals surface area contributed by atoms with Crippen LogP contribution in [0.2, 0.25) is 0 Å². The molecule has 1 aromatic carbocycles. The molecule has 1 aromatic rings. The van der Waals surface area contributed by atoms with Crippen molar-refractivity contribution in [2.75, 3.05) is 31.5 Å². The van der Waals surface area contributed by atoms with Gasteiger partial charge in [-0.05, 0) is 37.4 Å². The van der Waals surface area contributed by atoms with Gasteiger partial charge in [-0.15, -0.1) is 5.06 Å². The highest BCUT2D eigenvalue weighted by Crippen LogP contribution is 2.14. The van der Waals surface area contributed by atoms with E-state index in [-0.39, 0.29) is 24.6 Å². The Morgan fingerprint density at radius 2 is 1.85 bits per heavy atom. The first-order valence-corrected chi connectivity index (χ1v) is 8.94. The van der Waals surface area contributed by atoms with Crippen molar-refractivity contribution in [2.45, 2.75) is 26.7 Å². The third kappa shape index (κ3) is 5.78. The fraction of sp³-hybridized carbons (Fsp3) is 0.444. The van der Waals surface area contributed by atoms with E-state index in [9.17, 15) is 14.4 Å². The van der Waals surface area contributed by atoms with Crippen LogP contribution in [0.5, 0.6) is 0 Å². The van der Waals surface area contributed by atoms with Gasteiger partial charge in [0.1, 0.15) is 5.84 Å². The van der Waals surface area contributed by atoms with E-state index < -0.39 is 12.0 Å². The molecule has 1 aliphatic heterocycles. The molecule has 0 aromatic heterocycles. The minimum atomic E-state index is -0.869. The second kappa shape index (κ2) is 9.67. The van der Waals surface area contributed by atoms with Crippen LogP contribution in [-0.2, 0) is 9.63 Å². The molecular formula is C18H25N5O4. The van der Waals surface area contributed by atoms with E-state index >= 15 is 0 Å². The van der Waals surface area contributed by atoms with Gasteiger partial charge in [0.2, 0.25) is 0 Å². The molecule has 1 aliphatic rings. The van der Waals surface area contributed by atoms with Crippen LogP contribution in [0.1, 0.15) is 37.0 Å². The number of benzene rings is 1. The fourth-order valence-corrected chi connectivity index (χ4v) is 2.58. The van der Waals surface area contributed by atoms with E-state index in [4.69, 9.17) is 10.2 Å². The summed E-state index contributed by atoms with van der Waals surface area (Å²) < 4.78 is 0. The third-order valence-corrected chi connectivity index (χ3v) is 4.22. The average molecular weight is 375 g/mol. The van der Waals surface area contributed by atoms with Crippen molar-refractivity contribution in [3.8, 4) is 0 Å². The standard InChI is InChI=1S/C18H25N5O4/c1-3-22(4-2)12-11-20-17(25)13-5-7-14(8-6-13)21-18(26)27-23-15(19)9-10-16(23)24/h5-8,19H,3-4,9-12H2,1-2H3,(H,20,25)(H,21,26). The van der Waals surface area contributed by atoms with Crippen molar-refractivity contribution >= 4 is 29.4 Å². The van der Waals surface area contributed by atoms with Crippen LogP contribution in [0.15, 0.2) is 24.3 Å². The van der Waals surface area contributed by atoms with Crippen molar-refractivity contribution in [1.82, 2.24) is 15.3 Å². The van der Waals surface area contributed by atoms with Gasteiger partial charge in [0.25, 0.3) is 11.8 Å². The first-order valence-electron chi connectivity index (χ1n) is 8.94. The zero-order valence-corrected chi connectivity index (χ0v) is 15.6. The summed E-state index contributed by atoms with van der Waals surface area (Å²) in [6.07, 6.45) is -0.458. The number of nitrogens with zero attached hydrogens (tertiary/aromatic N) is 2. The quantitative estimate of drug-likeness (QED) is 0.641. The molecule has 27 heavy (non-hydrogen) atoms. The Labute approximate surface area is 158 Å². The molecule has 2 rings (SSSR count). The number of likely N-dealkylation sites (N-methyl/N-ethyl adjacent to an activating group) is 1. The summed E-state index contributed by atoms with van der Waals surface area (Å²) in [5.41, 5.74) is 0.892. The number of anilines is 1. The lowest BCUT2D eigenvalue weighted by atomic mass is 10.2. The summed E-state index contributed by atoms with van der Waals surface area (Å²) in [5, 5.41) is 13.5. The van der Waals surface area contributed by atoms with Gasteiger partial charge < -0.3 is 15.1 Å². The maximum absolute atomic E-state index is 12.1. The lowest BCUT2D eigenvalue weighted by Gasteiger charge is -2.18. The summed E-state index contributed by atoms with van der Waals surface area (Å²) in [5.74, 6) is -0.661. The molecular weight excluding hydrogens is 350 g/mol. The Bertz CT molecular complexity index is 684. The maximum atomic E-state index is 12.1. The van der Waals surface area contributed by atoms with Crippen LogP contribution in [-0.4, -0.2) is 59.9 Å². The number of amides is 3. The zero-order valence-electron chi connectivity index (χ0n) is 15.6. The Morgan fingerprint density at radius 1 is 1.19 bits per heavy atom. The number of carbonyl (C=O) groups is 3. The molecule has 0 atom stereocenters. The predicted octanol–water partition coefficient (Wildman–Crippen LogP) is 1.82. The third-order valence-electron chi connectivity index (χ3n) is 4.22. The number of hydrogen-bond donors (Lipinski definition) is 3. The van der Waals surface area contributed by atoms with Crippen molar-refractivity contribution < 1.29 is 19.2 Å². The van der Waals surface area contributed by atoms with Gasteiger partial charge in [0.15, 0.2) is 0 Å². The van der Waals surface area contributed by atoms with Crippen molar-refractivity contribution in [1.29, 1.82) is 5.41 Å². The molecule has 1 fully saturated rings. The van der Waals surface area contributed by atoms with Gasteiger partial charge in [-0.2, -0.15) is 0 Å². The Hall–Kier alpha value is -2.94. The minimum absolute atomic E-state index is 0.0492. The number of hydrogen-bond acceptors (Lipinski definition) is 6. The van der Waals surface area contributed by atoms with E-state index in [0.717, 1.165) is 19.6 Å². The molecule has 0 spiro atoms. The smallest absolute Gasteiger partial charge is 0.351 e. The van der Waals surface area contributed by atoms with Gasteiger partial charge in [-0.3, -0.25) is 20.3 Å². The van der Waals surface area contributed by atoms with Crippen LogP contribution in [0.3, 0.4) is 0 Å². The topological polar surface area (TPSA) is 115 Å². The van der Waals surface area contributed by atoms with Crippen molar-refractivity contribution in [2.24, 2.45) is 0 Å². The predicted molar refractivity (Wildman–Crippen MR) is 100 cm³/mol. The number of hydroxylamine groups is 2. The molecule has 3 amide bonds. The van der Waals surface area contributed by atoms with Gasteiger partial charge in [0, 0.05) is 37.2 Å². The molecule has 0 aliphatic carbocycles. The van der Waals surface area contributed by atoms with E-state index in [1.807, 2.05) is 0 Å². The van der Waals surface area contributed by atoms with Crippen LogP contribution >= 0.6 is 0 Å². The van der Waals surface area contributed by atoms with Crippen LogP contribution in [0.4, 0.5) is 10.5 Å². The van der Waals surface area contributed by atoms with E-state index in [2.05, 4.69) is 29.4 Å². The molecule has 146 valence electrons. The highest BCUT2D eigenvalue weighted by Gasteiger charge is 2.29. The summed E-state index contributed by atoms with van der Waals surface area (Å²) in [4.78, 5) is 42.5. The molecule has 0 unspecified atom stereocenters. The van der Waals surface area contributed by atoms with Gasteiger partial charge in [-0.1, -0.05) is 13.8 Å². The molecule has 1 saturated heterocycles. The fourth-order valence-electron chi connectivity index (χ4n) is 2.58. The number of carbonyl (C=O) groups excluding carboxylic acids is 3. The van der Waals surface area contributed by atoms with Gasteiger partial charge in [-0.25, -0.2) is 4.79 Å². The molecule has 0 radical (unpaired) electrons. The second-order valence-corrected chi connectivity index (χ2v) is 6.00. The van der Waals surface area contributed by atoms with E-state index in [0.29, 0.717) is 22.9 Å². The lowest BCUT2D eigenvalue weighted by molar-refractivity contribution is -0.145. The van der Waals surface area contributed by atoms with Crippen molar-refractivity contribution in [3.63, 3.8) is 0 Å². The van der Waals surface area contributed by atoms with E-state index in [1.54, 1.807) is 24.3 Å². The second-order valence-electron chi connectivity index (χ2n) is 6.00. The molecule has 0 bridgehead atoms. The molecule has 9 heteroatoms. The van der Waals surface area contributed by atoms with Gasteiger partial charge in [0.05, 0.1) is 0 Å². The van der Waals surface area contributed by atoms with Crippen LogP contribution in [0, 0.1) is 5.41 Å². The average Bonchev–Trinajstić information content (AvgIpc) is 2.97. The Balaban J connectivity index is 1.82. The Morgan fingerprint density at radius 3 is 2.41 bits per heavy atom. The van der Waals surface area contributed by atoms with Crippen LogP contribution in [0.25, 0.3) is 0 Å². The Kier molecular flexibility index (Phi) is 7.30. The SMILES string of the molecule is CCN(CC)CCNC(=O)c1ccc(NC(=O)ON2C(=N)CCC2=O)cc1. The molecule has 9 nitrogen and oxygen atoms in total. The summed E-state index contributed by atoms with van der Waals surface area (Å²) in [6, 6.07) is 6.31. The normalized spacial score (nSPS) is 13.8. The molecule has 3 N–H and O–H groups in total.